The molecular weight excluding hydrogens is 293 g/mol. The number of nitrogens with zero attached hydrogens (tertiary/aromatic N) is 3. The first-order valence-electron chi connectivity index (χ1n) is 5.60. The normalized spacial score (nSPS) is 13.0. The number of primary amides is 1. The van der Waals surface area contributed by atoms with Crippen molar-refractivity contribution < 1.29 is 23.1 Å². The highest BCUT2D eigenvalue weighted by Gasteiger charge is 2.39. The number of nitrogens with two attached hydrogens (primary N) is 1. The third-order valence-electron chi connectivity index (χ3n) is 2.50. The fourth-order valence-corrected chi connectivity index (χ4v) is 1.46. The summed E-state index contributed by atoms with van der Waals surface area (Å²) in [4.78, 5) is 22.7. The molecule has 7 nitrogen and oxygen atoms in total. The number of carbonyl (C=O) groups excluding carboxylic acids is 1. The first-order chi connectivity index (χ1) is 9.57. The minimum absolute atomic E-state index is 0.0599. The van der Waals surface area contributed by atoms with Gasteiger partial charge in [0.2, 0.25) is 5.91 Å². The van der Waals surface area contributed by atoms with E-state index in [4.69, 9.17) is 10.8 Å². The summed E-state index contributed by atoms with van der Waals surface area (Å²) in [7, 11) is 0. The zero-order valence-electron chi connectivity index (χ0n) is 10.8. The number of rotatable bonds is 6. The number of carbonyl (C=O) groups is 1. The van der Waals surface area contributed by atoms with E-state index in [0.717, 1.165) is 0 Å². The number of aliphatic hydroxyl groups excluding tert-OH is 1. The van der Waals surface area contributed by atoms with Gasteiger partial charge < -0.3 is 10.8 Å². The second-order valence-electron chi connectivity index (χ2n) is 4.13. The molecule has 1 aromatic heterocycles. The average Bonchev–Trinajstić information content (AvgIpc) is 2.65. The summed E-state index contributed by atoms with van der Waals surface area (Å²) < 4.78 is 38.3. The van der Waals surface area contributed by atoms with Crippen LogP contribution in [-0.4, -0.2) is 37.6 Å². The highest BCUT2D eigenvalue weighted by Crippen LogP contribution is 2.21. The molecule has 0 aliphatic heterocycles. The summed E-state index contributed by atoms with van der Waals surface area (Å²) >= 11 is 0. The van der Waals surface area contributed by atoms with Crippen molar-refractivity contribution >= 4 is 11.5 Å². The first-order valence-corrected chi connectivity index (χ1v) is 5.60. The Hall–Kier alpha value is -2.36. The van der Waals surface area contributed by atoms with Gasteiger partial charge in [0.05, 0.1) is 6.54 Å². The van der Waals surface area contributed by atoms with Crippen LogP contribution in [0.25, 0.3) is 5.57 Å². The van der Waals surface area contributed by atoms with E-state index in [1.54, 1.807) is 0 Å². The van der Waals surface area contributed by atoms with Crippen LogP contribution in [0.1, 0.15) is 5.82 Å². The number of aliphatic hydroxyl groups is 1. The van der Waals surface area contributed by atoms with E-state index in [0.29, 0.717) is 9.25 Å². The molecule has 0 aromatic carbocycles. The molecule has 21 heavy (non-hydrogen) atoms. The number of hydrogen-bond donors (Lipinski definition) is 2. The van der Waals surface area contributed by atoms with Gasteiger partial charge in [0.15, 0.2) is 11.9 Å². The molecule has 10 heteroatoms. The highest BCUT2D eigenvalue weighted by atomic mass is 19.4. The molecule has 0 saturated heterocycles. The summed E-state index contributed by atoms with van der Waals surface area (Å²) in [6, 6.07) is 0. The van der Waals surface area contributed by atoms with Crippen LogP contribution < -0.4 is 11.4 Å². The van der Waals surface area contributed by atoms with Crippen LogP contribution in [0.4, 0.5) is 13.2 Å². The minimum Gasteiger partial charge on any atom is -0.382 e. The number of allylic oxidation sites excluding steroid dienone is 2. The van der Waals surface area contributed by atoms with E-state index < -0.39 is 37.0 Å². The van der Waals surface area contributed by atoms with Gasteiger partial charge >= 0.3 is 11.9 Å². The molecule has 0 bridgehead atoms. The van der Waals surface area contributed by atoms with Crippen molar-refractivity contribution in [2.45, 2.75) is 25.4 Å². The topological polar surface area (TPSA) is 103 Å². The van der Waals surface area contributed by atoms with Crippen molar-refractivity contribution in [2.75, 3.05) is 0 Å². The molecule has 1 heterocycles. The van der Waals surface area contributed by atoms with Crippen LogP contribution in [0.2, 0.25) is 0 Å². The quantitative estimate of drug-likeness (QED) is 0.701. The molecule has 3 N–H and O–H groups in total. The first kappa shape index (κ1) is 16.7. The van der Waals surface area contributed by atoms with Crippen molar-refractivity contribution in [3.8, 4) is 0 Å². The summed E-state index contributed by atoms with van der Waals surface area (Å²) in [5.41, 5.74) is 3.95. The second kappa shape index (κ2) is 5.95. The van der Waals surface area contributed by atoms with Crippen molar-refractivity contribution in [2.24, 2.45) is 5.73 Å². The summed E-state index contributed by atoms with van der Waals surface area (Å²) in [6.07, 6.45) is -6.50. The van der Waals surface area contributed by atoms with Crippen molar-refractivity contribution in [1.82, 2.24) is 14.3 Å². The van der Waals surface area contributed by atoms with Gasteiger partial charge in [0, 0.05) is 5.57 Å². The minimum atomic E-state index is -4.90. The monoisotopic (exact) mass is 306 g/mol. The van der Waals surface area contributed by atoms with E-state index in [-0.39, 0.29) is 11.4 Å². The Bertz CT molecular complexity index is 630. The maximum atomic E-state index is 12.4. The van der Waals surface area contributed by atoms with Crippen LogP contribution in [-0.2, 0) is 17.9 Å². The standard InChI is InChI=1S/C11H13F3N4O3/c1-3-6(2)9-16-18(5-8(15)20)10(21)17(9)4-7(19)11(12,13)14/h3,7,19H,1-2,4-5H2,(H2,15,20). The van der Waals surface area contributed by atoms with E-state index in [1.807, 2.05) is 0 Å². The molecule has 0 fully saturated rings. The van der Waals surface area contributed by atoms with Gasteiger partial charge in [-0.25, -0.2) is 9.48 Å². The number of alkyl halides is 3. The van der Waals surface area contributed by atoms with Crippen LogP contribution in [0.5, 0.6) is 0 Å². The lowest BCUT2D eigenvalue weighted by atomic mass is 10.2. The molecule has 0 aliphatic rings. The van der Waals surface area contributed by atoms with Gasteiger partial charge in [-0.1, -0.05) is 19.2 Å². The van der Waals surface area contributed by atoms with Crippen molar-refractivity contribution in [1.29, 1.82) is 0 Å². The molecule has 1 atom stereocenters. The predicted octanol–water partition coefficient (Wildman–Crippen LogP) is -0.347. The van der Waals surface area contributed by atoms with Gasteiger partial charge in [-0.15, -0.1) is 5.10 Å². The maximum absolute atomic E-state index is 12.4. The molecule has 1 aromatic rings. The van der Waals surface area contributed by atoms with Crippen LogP contribution in [0.3, 0.4) is 0 Å². The second-order valence-corrected chi connectivity index (χ2v) is 4.13. The third kappa shape index (κ3) is 3.81. The molecule has 0 spiro atoms. The largest absolute Gasteiger partial charge is 0.416 e. The number of aromatic nitrogens is 3. The molecule has 1 amide bonds. The van der Waals surface area contributed by atoms with E-state index in [2.05, 4.69) is 18.3 Å². The van der Waals surface area contributed by atoms with Crippen LogP contribution in [0, 0.1) is 0 Å². The molecule has 1 rings (SSSR count). The zero-order valence-corrected chi connectivity index (χ0v) is 10.8. The molecule has 0 radical (unpaired) electrons. The summed E-state index contributed by atoms with van der Waals surface area (Å²) in [6.45, 7) is 5.15. The van der Waals surface area contributed by atoms with Crippen LogP contribution in [0.15, 0.2) is 24.0 Å². The number of amides is 1. The smallest absolute Gasteiger partial charge is 0.382 e. The Morgan fingerprint density at radius 2 is 2.10 bits per heavy atom. The Labute approximate surface area is 116 Å². The average molecular weight is 306 g/mol. The molecule has 116 valence electrons. The highest BCUT2D eigenvalue weighted by molar-refractivity contribution is 5.73. The number of halogens is 3. The lowest BCUT2D eigenvalue weighted by Crippen LogP contribution is -2.38. The van der Waals surface area contributed by atoms with Gasteiger partial charge in [-0.05, 0) is 0 Å². The fourth-order valence-electron chi connectivity index (χ4n) is 1.46. The molecule has 0 aliphatic carbocycles. The van der Waals surface area contributed by atoms with Gasteiger partial charge in [0.1, 0.15) is 6.54 Å². The van der Waals surface area contributed by atoms with Crippen molar-refractivity contribution in [3.63, 3.8) is 0 Å². The summed E-state index contributed by atoms with van der Waals surface area (Å²) in [5.74, 6) is -1.13. The van der Waals surface area contributed by atoms with Gasteiger partial charge in [-0.2, -0.15) is 13.2 Å². The SMILES string of the molecule is C=CC(=C)c1nn(CC(N)=O)c(=O)n1CC(O)C(F)(F)F. The third-order valence-corrected chi connectivity index (χ3v) is 2.50. The lowest BCUT2D eigenvalue weighted by molar-refractivity contribution is -0.207. The Kier molecular flexibility index (Phi) is 4.73. The summed E-state index contributed by atoms with van der Waals surface area (Å²) in [5, 5.41) is 12.7. The van der Waals surface area contributed by atoms with E-state index in [9.17, 15) is 22.8 Å². The van der Waals surface area contributed by atoms with E-state index in [1.165, 1.54) is 6.08 Å². The fraction of sp³-hybridized carbons (Fsp3) is 0.364. The lowest BCUT2D eigenvalue weighted by Gasteiger charge is -2.15. The maximum Gasteiger partial charge on any atom is 0.416 e. The Morgan fingerprint density at radius 1 is 1.52 bits per heavy atom. The molecular formula is C11H13F3N4O3. The van der Waals surface area contributed by atoms with Gasteiger partial charge in [0.25, 0.3) is 0 Å². The Morgan fingerprint density at radius 3 is 2.52 bits per heavy atom. The number of hydrogen-bond acceptors (Lipinski definition) is 4. The molecule has 0 saturated carbocycles. The predicted molar refractivity (Wildman–Crippen MR) is 67.0 cm³/mol. The van der Waals surface area contributed by atoms with E-state index >= 15 is 0 Å². The van der Waals surface area contributed by atoms with Crippen molar-refractivity contribution in [3.05, 3.63) is 35.5 Å². The van der Waals surface area contributed by atoms with Crippen LogP contribution >= 0.6 is 0 Å². The molecule has 1 unspecified atom stereocenters. The van der Waals surface area contributed by atoms with Gasteiger partial charge in [-0.3, -0.25) is 9.36 Å². The Balaban J connectivity index is 3.30. The zero-order chi connectivity index (χ0) is 16.4.